The summed E-state index contributed by atoms with van der Waals surface area (Å²) in [7, 11) is 1.36. The van der Waals surface area contributed by atoms with Gasteiger partial charge in [0.05, 0.1) is 11.3 Å². The molecule has 0 bridgehead atoms. The summed E-state index contributed by atoms with van der Waals surface area (Å²) in [6.07, 6.45) is -2.78. The highest BCUT2D eigenvalue weighted by Gasteiger charge is 2.35. The van der Waals surface area contributed by atoms with E-state index >= 15 is 0 Å². The van der Waals surface area contributed by atoms with Crippen LogP contribution in [-0.2, 0) is 19.8 Å². The molecule has 3 aromatic rings. The molecule has 4 rings (SSSR count). The highest BCUT2D eigenvalue weighted by molar-refractivity contribution is 5.48. The van der Waals surface area contributed by atoms with E-state index in [9.17, 15) is 23.1 Å². The van der Waals surface area contributed by atoms with Crippen LogP contribution >= 0.6 is 0 Å². The lowest BCUT2D eigenvalue weighted by molar-refractivity contribution is -0.138. The van der Waals surface area contributed by atoms with E-state index in [-0.39, 0.29) is 22.9 Å². The van der Waals surface area contributed by atoms with Gasteiger partial charge in [0.1, 0.15) is 18.1 Å². The normalized spacial score (nSPS) is 14.2. The summed E-state index contributed by atoms with van der Waals surface area (Å²) >= 11 is 0. The SMILES string of the molecule is Cn1nnn(-c2cccc(C(F)(F)F)c2COc2ccc(O)cc2C2CC2)c1=O. The van der Waals surface area contributed by atoms with Gasteiger partial charge in [0.25, 0.3) is 0 Å². The van der Waals surface area contributed by atoms with Crippen LogP contribution in [0.1, 0.15) is 35.4 Å². The molecule has 10 heteroatoms. The Morgan fingerprint density at radius 3 is 2.59 bits per heavy atom. The summed E-state index contributed by atoms with van der Waals surface area (Å²) in [5.74, 6) is 0.693. The molecule has 1 aliphatic rings. The van der Waals surface area contributed by atoms with Gasteiger partial charge >= 0.3 is 11.9 Å². The largest absolute Gasteiger partial charge is 0.508 e. The molecule has 0 saturated heterocycles. The molecule has 29 heavy (non-hydrogen) atoms. The maximum atomic E-state index is 13.6. The molecule has 0 radical (unpaired) electrons. The number of benzene rings is 2. The fourth-order valence-electron chi connectivity index (χ4n) is 3.19. The van der Waals surface area contributed by atoms with Gasteiger partial charge in [-0.2, -0.15) is 22.5 Å². The summed E-state index contributed by atoms with van der Waals surface area (Å²) in [4.78, 5) is 12.2. The highest BCUT2D eigenvalue weighted by atomic mass is 19.4. The average molecular weight is 406 g/mol. The molecule has 0 amide bonds. The third-order valence-corrected chi connectivity index (χ3v) is 4.79. The van der Waals surface area contributed by atoms with Crippen molar-refractivity contribution in [3.63, 3.8) is 0 Å². The minimum absolute atomic E-state index is 0.0512. The second-order valence-electron chi connectivity index (χ2n) is 6.88. The van der Waals surface area contributed by atoms with Crippen LogP contribution in [0, 0.1) is 0 Å². The quantitative estimate of drug-likeness (QED) is 0.704. The predicted molar refractivity (Wildman–Crippen MR) is 96.0 cm³/mol. The van der Waals surface area contributed by atoms with Crippen molar-refractivity contribution in [3.8, 4) is 17.2 Å². The van der Waals surface area contributed by atoms with E-state index < -0.39 is 24.0 Å². The van der Waals surface area contributed by atoms with Crippen LogP contribution in [0.25, 0.3) is 5.69 Å². The number of hydrogen-bond acceptors (Lipinski definition) is 5. The van der Waals surface area contributed by atoms with Gasteiger partial charge in [-0.05, 0) is 59.5 Å². The van der Waals surface area contributed by atoms with Crippen LogP contribution in [-0.4, -0.2) is 24.9 Å². The molecular weight excluding hydrogens is 389 g/mol. The minimum atomic E-state index is -4.64. The van der Waals surface area contributed by atoms with Crippen molar-refractivity contribution in [2.24, 2.45) is 7.05 Å². The zero-order chi connectivity index (χ0) is 20.8. The first-order valence-corrected chi connectivity index (χ1v) is 8.90. The van der Waals surface area contributed by atoms with Crippen LogP contribution in [0.15, 0.2) is 41.2 Å². The first kappa shape index (κ1) is 19.0. The Hall–Kier alpha value is -3.30. The van der Waals surface area contributed by atoms with Crippen molar-refractivity contribution in [2.45, 2.75) is 31.5 Å². The number of aryl methyl sites for hydroxylation is 1. The molecule has 0 atom stereocenters. The van der Waals surface area contributed by atoms with Crippen LogP contribution in [0.5, 0.6) is 11.5 Å². The van der Waals surface area contributed by atoms with Gasteiger partial charge in [-0.1, -0.05) is 6.07 Å². The Labute approximate surface area is 162 Å². The molecule has 7 nitrogen and oxygen atoms in total. The average Bonchev–Trinajstić information content (AvgIpc) is 3.46. The number of phenolic OH excluding ortho intramolecular Hbond substituents is 1. The van der Waals surface area contributed by atoms with E-state index in [4.69, 9.17) is 4.74 Å². The molecule has 152 valence electrons. The smallest absolute Gasteiger partial charge is 0.416 e. The van der Waals surface area contributed by atoms with Crippen LogP contribution in [0.2, 0.25) is 0 Å². The summed E-state index contributed by atoms with van der Waals surface area (Å²) in [5.41, 5.74) is -1.11. The van der Waals surface area contributed by atoms with Gasteiger partial charge in [0.2, 0.25) is 0 Å². The van der Waals surface area contributed by atoms with Gasteiger partial charge in [0.15, 0.2) is 0 Å². The Morgan fingerprint density at radius 2 is 1.97 bits per heavy atom. The van der Waals surface area contributed by atoms with Crippen molar-refractivity contribution in [1.82, 2.24) is 19.8 Å². The lowest BCUT2D eigenvalue weighted by atomic mass is 10.0. The number of halogens is 3. The second-order valence-corrected chi connectivity index (χ2v) is 6.88. The van der Waals surface area contributed by atoms with Crippen molar-refractivity contribution in [1.29, 1.82) is 0 Å². The number of hydrogen-bond donors (Lipinski definition) is 1. The zero-order valence-electron chi connectivity index (χ0n) is 15.3. The number of rotatable bonds is 5. The summed E-state index contributed by atoms with van der Waals surface area (Å²) in [6.45, 7) is -0.432. The maximum Gasteiger partial charge on any atom is 0.416 e. The number of alkyl halides is 3. The van der Waals surface area contributed by atoms with Gasteiger partial charge in [-0.15, -0.1) is 0 Å². The number of nitrogens with zero attached hydrogens (tertiary/aromatic N) is 4. The third kappa shape index (κ3) is 3.69. The third-order valence-electron chi connectivity index (χ3n) is 4.79. The van der Waals surface area contributed by atoms with Crippen LogP contribution < -0.4 is 10.4 Å². The van der Waals surface area contributed by atoms with E-state index in [1.54, 1.807) is 6.07 Å². The number of ether oxygens (including phenoxy) is 1. The van der Waals surface area contributed by atoms with Crippen molar-refractivity contribution >= 4 is 0 Å². The summed E-state index contributed by atoms with van der Waals surface area (Å²) in [6, 6.07) is 8.03. The number of phenols is 1. The first-order chi connectivity index (χ1) is 13.8. The van der Waals surface area contributed by atoms with Crippen molar-refractivity contribution in [2.75, 3.05) is 0 Å². The molecular formula is C19H17F3N4O3. The monoisotopic (exact) mass is 406 g/mol. The van der Waals surface area contributed by atoms with Crippen molar-refractivity contribution < 1.29 is 23.0 Å². The molecule has 1 aliphatic carbocycles. The van der Waals surface area contributed by atoms with E-state index in [0.717, 1.165) is 33.8 Å². The van der Waals surface area contributed by atoms with Gasteiger partial charge in [-0.3, -0.25) is 0 Å². The maximum absolute atomic E-state index is 13.6. The van der Waals surface area contributed by atoms with E-state index in [1.807, 2.05) is 0 Å². The van der Waals surface area contributed by atoms with E-state index in [2.05, 4.69) is 10.4 Å². The molecule has 1 aromatic heterocycles. The molecule has 0 aliphatic heterocycles. The Kier molecular flexibility index (Phi) is 4.56. The van der Waals surface area contributed by atoms with Crippen molar-refractivity contribution in [3.05, 3.63) is 63.6 Å². The van der Waals surface area contributed by atoms with Gasteiger partial charge < -0.3 is 9.84 Å². The molecule has 1 N–H and O–H groups in total. The lowest BCUT2D eigenvalue weighted by Crippen LogP contribution is -2.24. The van der Waals surface area contributed by atoms with Crippen LogP contribution in [0.4, 0.5) is 13.2 Å². The number of aromatic hydroxyl groups is 1. The van der Waals surface area contributed by atoms with Gasteiger partial charge in [0, 0.05) is 18.2 Å². The van der Waals surface area contributed by atoms with E-state index in [1.165, 1.54) is 31.3 Å². The molecule has 1 heterocycles. The number of aromatic nitrogens is 4. The standard InChI is InChI=1S/C19H17F3N4O3/c1-25-18(28)26(24-23-25)16-4-2-3-15(19(20,21)22)14(16)10-29-17-8-7-12(27)9-13(17)11-5-6-11/h2-4,7-9,11,27H,5-6,10H2,1H3. The molecule has 1 saturated carbocycles. The Balaban J connectivity index is 1.76. The van der Waals surface area contributed by atoms with Gasteiger partial charge in [-0.25, -0.2) is 4.79 Å². The predicted octanol–water partition coefficient (Wildman–Crippen LogP) is 3.15. The fourth-order valence-corrected chi connectivity index (χ4v) is 3.19. The Morgan fingerprint density at radius 1 is 1.21 bits per heavy atom. The summed E-state index contributed by atoms with van der Waals surface area (Å²) < 4.78 is 48.4. The first-order valence-electron chi connectivity index (χ1n) is 8.90. The fraction of sp³-hybridized carbons (Fsp3) is 0.316. The summed E-state index contributed by atoms with van der Waals surface area (Å²) in [5, 5.41) is 16.9. The van der Waals surface area contributed by atoms with Crippen LogP contribution in [0.3, 0.4) is 0 Å². The zero-order valence-corrected chi connectivity index (χ0v) is 15.3. The minimum Gasteiger partial charge on any atom is -0.508 e. The molecule has 2 aromatic carbocycles. The molecule has 0 unspecified atom stereocenters. The Bertz CT molecular complexity index is 1120. The molecule has 1 fully saturated rings. The number of tetrazole rings is 1. The second kappa shape index (κ2) is 6.94. The molecule has 0 spiro atoms. The highest BCUT2D eigenvalue weighted by Crippen LogP contribution is 2.46. The lowest BCUT2D eigenvalue weighted by Gasteiger charge is -2.18. The topological polar surface area (TPSA) is 82.2 Å². The van der Waals surface area contributed by atoms with E-state index in [0.29, 0.717) is 5.75 Å².